The van der Waals surface area contributed by atoms with Crippen molar-refractivity contribution in [2.45, 2.75) is 57.2 Å². The van der Waals surface area contributed by atoms with Crippen molar-refractivity contribution < 1.29 is 14.0 Å². The Morgan fingerprint density at radius 2 is 1.63 bits per heavy atom. The lowest BCUT2D eigenvalue weighted by Crippen LogP contribution is -2.52. The zero-order chi connectivity index (χ0) is 21.1. The van der Waals surface area contributed by atoms with Gasteiger partial charge < -0.3 is 16.0 Å². The molecule has 0 heterocycles. The van der Waals surface area contributed by atoms with Gasteiger partial charge in [0.05, 0.1) is 0 Å². The molecule has 0 aromatic heterocycles. The average Bonchev–Trinajstić information content (AvgIpc) is 3.59. The van der Waals surface area contributed by atoms with Crippen LogP contribution in [0.2, 0.25) is 0 Å². The number of hydrogen-bond donors (Lipinski definition) is 2. The van der Waals surface area contributed by atoms with Gasteiger partial charge in [0.25, 0.3) is 5.91 Å². The first-order valence-electron chi connectivity index (χ1n) is 10.7. The van der Waals surface area contributed by atoms with E-state index in [1.165, 1.54) is 24.3 Å². The smallest absolute Gasteiger partial charge is 0.255 e. The number of carbonyl (C=O) groups excluding carboxylic acids is 2. The summed E-state index contributed by atoms with van der Waals surface area (Å²) in [6.45, 7) is 0.542. The summed E-state index contributed by atoms with van der Waals surface area (Å²) in [5.41, 5.74) is 8.44. The van der Waals surface area contributed by atoms with Crippen molar-refractivity contribution in [1.82, 2.24) is 4.90 Å². The molecule has 3 N–H and O–H groups in total. The van der Waals surface area contributed by atoms with E-state index in [-0.39, 0.29) is 35.6 Å². The second-order valence-corrected chi connectivity index (χ2v) is 8.41. The number of nitrogens with zero attached hydrogens (tertiary/aromatic N) is 1. The monoisotopic (exact) mass is 409 g/mol. The van der Waals surface area contributed by atoms with Gasteiger partial charge in [-0.15, -0.1) is 0 Å². The van der Waals surface area contributed by atoms with Crippen LogP contribution < -0.4 is 11.1 Å². The first kappa shape index (κ1) is 20.5. The van der Waals surface area contributed by atoms with Gasteiger partial charge in [-0.2, -0.15) is 0 Å². The quantitative estimate of drug-likeness (QED) is 0.755. The van der Waals surface area contributed by atoms with Crippen LogP contribution in [-0.4, -0.2) is 28.8 Å². The molecule has 0 saturated heterocycles. The van der Waals surface area contributed by atoms with Gasteiger partial charge in [-0.05, 0) is 67.6 Å². The molecule has 30 heavy (non-hydrogen) atoms. The standard InChI is InChI=1S/C24H28FN3O2/c25-19-11-9-17(10-12-19)23(29)27-20-13-5-16(6-14-20)15-28(24(30)18-7-8-18)22-4-2-1-3-21(22)26/h5-6,9-14,18,21-22H,1-4,7-8,15,26H2,(H,27,29). The molecule has 2 aromatic rings. The number of nitrogens with one attached hydrogen (secondary N) is 1. The van der Waals surface area contributed by atoms with Crippen LogP contribution in [0.15, 0.2) is 48.5 Å². The summed E-state index contributed by atoms with van der Waals surface area (Å²) in [5.74, 6) is -0.278. The van der Waals surface area contributed by atoms with E-state index in [2.05, 4.69) is 5.32 Å². The minimum atomic E-state index is -0.376. The van der Waals surface area contributed by atoms with Crippen LogP contribution in [0, 0.1) is 11.7 Å². The van der Waals surface area contributed by atoms with Crippen molar-refractivity contribution in [3.05, 3.63) is 65.5 Å². The number of rotatable bonds is 6. The minimum absolute atomic E-state index is 0.0377. The fourth-order valence-corrected chi connectivity index (χ4v) is 4.15. The van der Waals surface area contributed by atoms with E-state index in [1.54, 1.807) is 0 Å². The van der Waals surface area contributed by atoms with Crippen LogP contribution in [0.3, 0.4) is 0 Å². The summed E-state index contributed by atoms with van der Waals surface area (Å²) in [7, 11) is 0. The van der Waals surface area contributed by atoms with E-state index in [1.807, 2.05) is 29.2 Å². The largest absolute Gasteiger partial charge is 0.334 e. The fourth-order valence-electron chi connectivity index (χ4n) is 4.15. The molecule has 0 aliphatic heterocycles. The summed E-state index contributed by atoms with van der Waals surface area (Å²) < 4.78 is 13.0. The SMILES string of the molecule is NC1CCCCC1N(Cc1ccc(NC(=O)c2ccc(F)cc2)cc1)C(=O)C1CC1. The van der Waals surface area contributed by atoms with Gasteiger partial charge >= 0.3 is 0 Å². The van der Waals surface area contributed by atoms with Gasteiger partial charge in [0, 0.05) is 35.8 Å². The lowest BCUT2D eigenvalue weighted by molar-refractivity contribution is -0.136. The number of anilines is 1. The molecule has 158 valence electrons. The molecule has 2 aliphatic carbocycles. The number of benzene rings is 2. The lowest BCUT2D eigenvalue weighted by atomic mass is 9.89. The number of amides is 2. The maximum Gasteiger partial charge on any atom is 0.255 e. The third kappa shape index (κ3) is 4.87. The van der Waals surface area contributed by atoms with Gasteiger partial charge in [-0.1, -0.05) is 25.0 Å². The summed E-state index contributed by atoms with van der Waals surface area (Å²) in [6, 6.07) is 13.1. The summed E-state index contributed by atoms with van der Waals surface area (Å²) in [6.07, 6.45) is 6.13. The Bertz CT molecular complexity index is 894. The first-order valence-corrected chi connectivity index (χ1v) is 10.7. The summed E-state index contributed by atoms with van der Waals surface area (Å²) >= 11 is 0. The molecule has 2 unspecified atom stereocenters. The maximum atomic E-state index is 13.0. The van der Waals surface area contributed by atoms with Gasteiger partial charge in [0.15, 0.2) is 0 Å². The molecule has 2 aliphatic rings. The molecule has 0 radical (unpaired) electrons. The molecular weight excluding hydrogens is 381 g/mol. The molecule has 2 fully saturated rings. The van der Waals surface area contributed by atoms with Crippen LogP contribution in [0.25, 0.3) is 0 Å². The van der Waals surface area contributed by atoms with Crippen molar-refractivity contribution in [3.8, 4) is 0 Å². The van der Waals surface area contributed by atoms with Crippen molar-refractivity contribution >= 4 is 17.5 Å². The van der Waals surface area contributed by atoms with Crippen LogP contribution >= 0.6 is 0 Å². The Balaban J connectivity index is 1.43. The molecule has 2 saturated carbocycles. The fraction of sp³-hybridized carbons (Fsp3) is 0.417. The van der Waals surface area contributed by atoms with Gasteiger partial charge in [0.1, 0.15) is 5.82 Å². The van der Waals surface area contributed by atoms with E-state index >= 15 is 0 Å². The predicted molar refractivity (Wildman–Crippen MR) is 114 cm³/mol. The highest BCUT2D eigenvalue weighted by Crippen LogP contribution is 2.34. The number of carbonyl (C=O) groups is 2. The summed E-state index contributed by atoms with van der Waals surface area (Å²) in [5, 5.41) is 2.82. The molecule has 0 spiro atoms. The molecule has 4 rings (SSSR count). The highest BCUT2D eigenvalue weighted by Gasteiger charge is 2.38. The molecule has 5 nitrogen and oxygen atoms in total. The van der Waals surface area contributed by atoms with Crippen molar-refractivity contribution in [3.63, 3.8) is 0 Å². The van der Waals surface area contributed by atoms with E-state index < -0.39 is 0 Å². The Morgan fingerprint density at radius 1 is 0.967 bits per heavy atom. The Hall–Kier alpha value is -2.73. The van der Waals surface area contributed by atoms with Crippen LogP contribution in [0.1, 0.15) is 54.4 Å². The Kier molecular flexibility index (Phi) is 6.13. The number of nitrogens with two attached hydrogens (primary N) is 1. The highest BCUT2D eigenvalue weighted by atomic mass is 19.1. The third-order valence-electron chi connectivity index (χ3n) is 6.06. The topological polar surface area (TPSA) is 75.4 Å². The molecule has 2 aromatic carbocycles. The number of halogens is 1. The second kappa shape index (κ2) is 8.96. The third-order valence-corrected chi connectivity index (χ3v) is 6.06. The van der Waals surface area contributed by atoms with E-state index in [4.69, 9.17) is 5.73 Å². The molecule has 2 atom stereocenters. The van der Waals surface area contributed by atoms with Crippen LogP contribution in [0.4, 0.5) is 10.1 Å². The van der Waals surface area contributed by atoms with E-state index in [0.717, 1.165) is 44.1 Å². The molecular formula is C24H28FN3O2. The minimum Gasteiger partial charge on any atom is -0.334 e. The van der Waals surface area contributed by atoms with Gasteiger partial charge in [-0.3, -0.25) is 9.59 Å². The second-order valence-electron chi connectivity index (χ2n) is 8.41. The van der Waals surface area contributed by atoms with Gasteiger partial charge in [0.2, 0.25) is 5.91 Å². The molecule has 2 amide bonds. The first-order chi connectivity index (χ1) is 14.5. The normalized spacial score (nSPS) is 21.1. The van der Waals surface area contributed by atoms with Crippen molar-refractivity contribution in [2.24, 2.45) is 11.7 Å². The van der Waals surface area contributed by atoms with Crippen LogP contribution in [-0.2, 0) is 11.3 Å². The van der Waals surface area contributed by atoms with Crippen LogP contribution in [0.5, 0.6) is 0 Å². The predicted octanol–water partition coefficient (Wildman–Crippen LogP) is 4.09. The Morgan fingerprint density at radius 3 is 2.27 bits per heavy atom. The number of hydrogen-bond acceptors (Lipinski definition) is 3. The van der Waals surface area contributed by atoms with Gasteiger partial charge in [-0.25, -0.2) is 4.39 Å². The van der Waals surface area contributed by atoms with Crippen molar-refractivity contribution in [2.75, 3.05) is 5.32 Å². The lowest BCUT2D eigenvalue weighted by Gasteiger charge is -2.38. The average molecular weight is 410 g/mol. The van der Waals surface area contributed by atoms with Crippen molar-refractivity contribution in [1.29, 1.82) is 0 Å². The maximum absolute atomic E-state index is 13.0. The highest BCUT2D eigenvalue weighted by molar-refractivity contribution is 6.04. The van der Waals surface area contributed by atoms with E-state index in [9.17, 15) is 14.0 Å². The zero-order valence-corrected chi connectivity index (χ0v) is 17.0. The summed E-state index contributed by atoms with van der Waals surface area (Å²) in [4.78, 5) is 27.2. The molecule has 6 heteroatoms. The Labute approximate surface area is 176 Å². The molecule has 0 bridgehead atoms. The van der Waals surface area contributed by atoms with E-state index in [0.29, 0.717) is 17.8 Å². The zero-order valence-electron chi connectivity index (χ0n) is 17.0.